The number of aromatic nitrogens is 1. The monoisotopic (exact) mass is 524 g/mol. The molecular formula is C36H32N2O2. The fraction of sp³-hybridized carbons (Fsp3) is 0.222. The molecule has 0 radical (unpaired) electrons. The molecule has 0 spiro atoms. The maximum atomic E-state index is 14.1. The zero-order valence-corrected chi connectivity index (χ0v) is 22.7. The average Bonchev–Trinajstić information content (AvgIpc) is 3.00. The number of ether oxygens (including phenoxy) is 1. The lowest BCUT2D eigenvalue weighted by Crippen LogP contribution is -2.30. The van der Waals surface area contributed by atoms with Gasteiger partial charge in [-0.15, -0.1) is 0 Å². The summed E-state index contributed by atoms with van der Waals surface area (Å²) in [7, 11) is 0. The number of benzene rings is 4. The standard InChI is InChI=1S/C36H32N2O2/c1-2-3-20-40-27-16-12-23(13-17-27)26-21-29-34-28-10-6-4-8-24(28)14-18-31(34)38-36(35(29)33(39)22-26)32-19-15-25-9-5-7-11-30(25)37-32/h4-19,26,36,38H,2-3,20-22H2,1H3/t26-,36-/m1/s1. The van der Waals surface area contributed by atoms with Crippen LogP contribution in [0.4, 0.5) is 5.69 Å². The summed E-state index contributed by atoms with van der Waals surface area (Å²) in [6, 6.07) is 33.2. The number of nitrogens with one attached hydrogen (secondary N) is 1. The lowest BCUT2D eigenvalue weighted by atomic mass is 9.72. The van der Waals surface area contributed by atoms with Crippen LogP contribution in [0.3, 0.4) is 0 Å². The molecule has 2 atom stereocenters. The van der Waals surface area contributed by atoms with Crippen molar-refractivity contribution in [3.8, 4) is 5.75 Å². The van der Waals surface area contributed by atoms with Gasteiger partial charge in [0.1, 0.15) is 5.75 Å². The lowest BCUT2D eigenvalue weighted by molar-refractivity contribution is -0.116. The summed E-state index contributed by atoms with van der Waals surface area (Å²) in [6.07, 6.45) is 3.45. The number of allylic oxidation sites excluding steroid dienone is 1. The summed E-state index contributed by atoms with van der Waals surface area (Å²) >= 11 is 0. The number of hydrogen-bond acceptors (Lipinski definition) is 4. The molecule has 4 nitrogen and oxygen atoms in total. The van der Waals surface area contributed by atoms with E-state index in [0.717, 1.165) is 70.6 Å². The van der Waals surface area contributed by atoms with Gasteiger partial charge in [-0.1, -0.05) is 80.1 Å². The van der Waals surface area contributed by atoms with Crippen LogP contribution in [0.1, 0.15) is 61.4 Å². The van der Waals surface area contributed by atoms with Crippen molar-refractivity contribution in [2.75, 3.05) is 11.9 Å². The molecule has 1 N–H and O–H groups in total. The third-order valence-corrected chi connectivity index (χ3v) is 8.36. The maximum Gasteiger partial charge on any atom is 0.162 e. The van der Waals surface area contributed by atoms with Crippen molar-refractivity contribution in [2.24, 2.45) is 0 Å². The molecule has 5 aromatic rings. The van der Waals surface area contributed by atoms with Gasteiger partial charge in [0.2, 0.25) is 0 Å². The third-order valence-electron chi connectivity index (χ3n) is 8.36. The van der Waals surface area contributed by atoms with Crippen molar-refractivity contribution in [1.29, 1.82) is 0 Å². The number of pyridine rings is 1. The topological polar surface area (TPSA) is 51.2 Å². The lowest BCUT2D eigenvalue weighted by Gasteiger charge is -2.37. The second kappa shape index (κ2) is 10.3. The normalized spacial score (nSPS) is 18.4. The number of ketones is 1. The quantitative estimate of drug-likeness (QED) is 0.226. The van der Waals surface area contributed by atoms with E-state index >= 15 is 0 Å². The fourth-order valence-electron chi connectivity index (χ4n) is 6.32. The van der Waals surface area contributed by atoms with Crippen molar-refractivity contribution in [3.63, 3.8) is 0 Å². The van der Waals surface area contributed by atoms with Crippen LogP contribution in [0.15, 0.2) is 103 Å². The molecule has 1 aliphatic heterocycles. The maximum absolute atomic E-state index is 14.1. The Bertz CT molecular complexity index is 1770. The number of rotatable bonds is 6. The van der Waals surface area contributed by atoms with E-state index in [0.29, 0.717) is 6.42 Å². The molecule has 7 rings (SSSR count). The third kappa shape index (κ3) is 4.34. The largest absolute Gasteiger partial charge is 0.494 e. The minimum atomic E-state index is -0.281. The van der Waals surface area contributed by atoms with Crippen molar-refractivity contribution >= 4 is 38.7 Å². The number of unbranched alkanes of at least 4 members (excludes halogenated alkanes) is 1. The number of carbonyl (C=O) groups excluding carboxylic acids is 1. The molecular weight excluding hydrogens is 492 g/mol. The molecule has 1 aliphatic carbocycles. The van der Waals surface area contributed by atoms with Crippen LogP contribution >= 0.6 is 0 Å². The molecule has 2 heterocycles. The summed E-state index contributed by atoms with van der Waals surface area (Å²) in [5, 5.41) is 7.19. The minimum Gasteiger partial charge on any atom is -0.494 e. The van der Waals surface area contributed by atoms with Gasteiger partial charge in [-0.25, -0.2) is 0 Å². The Morgan fingerprint density at radius 1 is 0.850 bits per heavy atom. The van der Waals surface area contributed by atoms with Crippen LogP contribution in [0.2, 0.25) is 0 Å². The SMILES string of the molecule is CCCCOc1ccc([C@H]2CC(=O)C3=C(C2)c2c(ccc4ccccc24)N[C@@H]3c2ccc3ccccc3n2)cc1. The zero-order chi connectivity index (χ0) is 27.1. The molecule has 1 aromatic heterocycles. The van der Waals surface area contributed by atoms with Gasteiger partial charge in [0.05, 0.1) is 23.9 Å². The van der Waals surface area contributed by atoms with Gasteiger partial charge in [0.15, 0.2) is 5.78 Å². The fourth-order valence-corrected chi connectivity index (χ4v) is 6.32. The predicted octanol–water partition coefficient (Wildman–Crippen LogP) is 8.63. The van der Waals surface area contributed by atoms with Gasteiger partial charge >= 0.3 is 0 Å². The van der Waals surface area contributed by atoms with Crippen LogP contribution in [0.25, 0.3) is 27.2 Å². The van der Waals surface area contributed by atoms with Gasteiger partial charge < -0.3 is 10.1 Å². The second-order valence-electron chi connectivity index (χ2n) is 10.9. The first-order valence-electron chi connectivity index (χ1n) is 14.3. The first-order valence-corrected chi connectivity index (χ1v) is 14.3. The first-order chi connectivity index (χ1) is 19.7. The number of Topliss-reactive ketones (excluding diaryl/α,β-unsaturated/α-hetero) is 1. The number of para-hydroxylation sites is 1. The summed E-state index contributed by atoms with van der Waals surface area (Å²) in [5.41, 5.74) is 7.23. The number of nitrogens with zero attached hydrogens (tertiary/aromatic N) is 1. The summed E-state index contributed by atoms with van der Waals surface area (Å²) in [5.74, 6) is 1.20. The zero-order valence-electron chi connectivity index (χ0n) is 22.7. The molecule has 4 aromatic carbocycles. The molecule has 0 unspecified atom stereocenters. The predicted molar refractivity (Wildman–Crippen MR) is 163 cm³/mol. The van der Waals surface area contributed by atoms with E-state index in [-0.39, 0.29) is 17.7 Å². The number of carbonyl (C=O) groups is 1. The van der Waals surface area contributed by atoms with E-state index in [1.54, 1.807) is 0 Å². The van der Waals surface area contributed by atoms with Crippen LogP contribution in [-0.2, 0) is 4.79 Å². The molecule has 4 heteroatoms. The summed E-state index contributed by atoms with van der Waals surface area (Å²) in [6.45, 7) is 2.90. The minimum absolute atomic E-state index is 0.117. The molecule has 0 bridgehead atoms. The second-order valence-corrected chi connectivity index (χ2v) is 10.9. The smallest absolute Gasteiger partial charge is 0.162 e. The van der Waals surface area contributed by atoms with Gasteiger partial charge in [0.25, 0.3) is 0 Å². The average molecular weight is 525 g/mol. The van der Waals surface area contributed by atoms with E-state index < -0.39 is 0 Å². The van der Waals surface area contributed by atoms with Crippen LogP contribution < -0.4 is 10.1 Å². The van der Waals surface area contributed by atoms with Crippen molar-refractivity contribution in [2.45, 2.75) is 44.6 Å². The molecule has 0 saturated carbocycles. The number of fused-ring (bicyclic) bond motifs is 5. The Hall–Kier alpha value is -4.44. The highest BCUT2D eigenvalue weighted by Crippen LogP contribution is 2.50. The van der Waals surface area contributed by atoms with E-state index in [2.05, 4.69) is 79.0 Å². The van der Waals surface area contributed by atoms with Gasteiger partial charge in [-0.2, -0.15) is 0 Å². The summed E-state index contributed by atoms with van der Waals surface area (Å²) in [4.78, 5) is 19.1. The Labute approximate surface area is 234 Å². The van der Waals surface area contributed by atoms with Crippen molar-refractivity contribution < 1.29 is 9.53 Å². The van der Waals surface area contributed by atoms with Crippen molar-refractivity contribution in [3.05, 3.63) is 119 Å². The molecule has 40 heavy (non-hydrogen) atoms. The van der Waals surface area contributed by atoms with Crippen LogP contribution in [0.5, 0.6) is 5.75 Å². The molecule has 2 aliphatic rings. The molecule has 0 fully saturated rings. The van der Waals surface area contributed by atoms with Gasteiger partial charge in [-0.05, 0) is 71.0 Å². The van der Waals surface area contributed by atoms with Crippen molar-refractivity contribution in [1.82, 2.24) is 4.98 Å². The Morgan fingerprint density at radius 2 is 1.62 bits per heavy atom. The molecule has 198 valence electrons. The Kier molecular flexibility index (Phi) is 6.31. The van der Waals surface area contributed by atoms with Crippen LogP contribution in [0, 0.1) is 0 Å². The Morgan fingerprint density at radius 3 is 2.48 bits per heavy atom. The first kappa shape index (κ1) is 24.6. The van der Waals surface area contributed by atoms with E-state index in [1.165, 1.54) is 16.3 Å². The van der Waals surface area contributed by atoms with Gasteiger partial charge in [-0.3, -0.25) is 9.78 Å². The Balaban J connectivity index is 1.33. The summed E-state index contributed by atoms with van der Waals surface area (Å²) < 4.78 is 5.89. The van der Waals surface area contributed by atoms with E-state index in [1.807, 2.05) is 30.3 Å². The highest BCUT2D eigenvalue weighted by atomic mass is 16.5. The highest BCUT2D eigenvalue weighted by molar-refractivity contribution is 6.13. The number of hydrogen-bond donors (Lipinski definition) is 1. The van der Waals surface area contributed by atoms with Crippen LogP contribution in [-0.4, -0.2) is 17.4 Å². The van der Waals surface area contributed by atoms with E-state index in [4.69, 9.17) is 9.72 Å². The molecule has 0 saturated heterocycles. The van der Waals surface area contributed by atoms with Gasteiger partial charge in [0, 0.05) is 28.6 Å². The highest BCUT2D eigenvalue weighted by Gasteiger charge is 2.39. The number of anilines is 1. The van der Waals surface area contributed by atoms with E-state index in [9.17, 15) is 4.79 Å². The molecule has 0 amide bonds.